The van der Waals surface area contributed by atoms with Crippen LogP contribution in [0.2, 0.25) is 0 Å². The van der Waals surface area contributed by atoms with E-state index in [2.05, 4.69) is 13.2 Å². The molecule has 0 bridgehead atoms. The third-order valence-corrected chi connectivity index (χ3v) is 11.2. The maximum Gasteiger partial charge on any atom is 1.00 e. The summed E-state index contributed by atoms with van der Waals surface area (Å²) in [6.45, 7) is 5.38. The van der Waals surface area contributed by atoms with Gasteiger partial charge in [-0.1, -0.05) is 104 Å². The number of alkyl halides is 1. The first kappa shape index (κ1) is 73.5. The van der Waals surface area contributed by atoms with Gasteiger partial charge in [0, 0.05) is 5.88 Å². The first-order valence-electron chi connectivity index (χ1n) is 20.4. The van der Waals surface area contributed by atoms with Gasteiger partial charge in [0.15, 0.2) is 25.2 Å². The third kappa shape index (κ3) is 19.4. The van der Waals surface area contributed by atoms with Crippen LogP contribution in [0, 0.1) is 0 Å². The zero-order valence-corrected chi connectivity index (χ0v) is 39.1. The Morgan fingerprint density at radius 3 is 0.972 bits per heavy atom. The fourth-order valence-electron chi connectivity index (χ4n) is 6.76. The molecular weight excluding hydrogens is 979 g/mol. The molecule has 4 fully saturated rings. The van der Waals surface area contributed by atoms with Crippen LogP contribution in [0.4, 0.5) is 0 Å². The summed E-state index contributed by atoms with van der Waals surface area (Å²) in [4.78, 5) is 0. The monoisotopic (exact) mass is 1060 g/mol. The number of benzene rings is 2. The van der Waals surface area contributed by atoms with E-state index in [1.54, 1.807) is 6.08 Å². The predicted molar refractivity (Wildman–Crippen MR) is 251 cm³/mol. The number of rotatable bonds is 14. The second-order valence-electron chi connectivity index (χ2n) is 15.4. The Balaban J connectivity index is -0.00000104. The molecule has 71 heavy (non-hydrogen) atoms. The van der Waals surface area contributed by atoms with Crippen molar-refractivity contribution in [3.05, 3.63) is 83.9 Å². The van der Waals surface area contributed by atoms with E-state index >= 15 is 0 Å². The summed E-state index contributed by atoms with van der Waals surface area (Å²) in [7, 11) is 0. The fourth-order valence-corrected chi connectivity index (χ4v) is 6.93. The second kappa shape index (κ2) is 35.5. The van der Waals surface area contributed by atoms with Gasteiger partial charge in [-0.2, -0.15) is 0 Å². The van der Waals surface area contributed by atoms with Gasteiger partial charge in [0.25, 0.3) is 0 Å². The van der Waals surface area contributed by atoms with Crippen LogP contribution in [0.25, 0.3) is 12.2 Å². The van der Waals surface area contributed by atoms with Crippen molar-refractivity contribution in [2.24, 2.45) is 0 Å². The van der Waals surface area contributed by atoms with Crippen molar-refractivity contribution in [2.75, 3.05) is 26.4 Å². The molecule has 23 nitrogen and oxygen atoms in total. The van der Waals surface area contributed by atoms with Crippen molar-refractivity contribution in [3.63, 3.8) is 0 Å². The molecule has 0 amide bonds. The molecule has 20 atom stereocenters. The molecule has 0 spiro atoms. The second-order valence-corrected chi connectivity index (χ2v) is 15.7. The molecule has 0 aromatic heterocycles. The average molecular weight is 1060 g/mol. The summed E-state index contributed by atoms with van der Waals surface area (Å²) in [6.07, 6.45) is -27.4. The summed E-state index contributed by atoms with van der Waals surface area (Å²) in [5, 5.41) is 146. The Bertz CT molecular complexity index is 1670. The normalized spacial score (nSPS) is 36.2. The van der Waals surface area contributed by atoms with Crippen LogP contribution in [0.15, 0.2) is 61.7 Å². The molecule has 6 rings (SSSR count). The Hall–Kier alpha value is -1.71. The van der Waals surface area contributed by atoms with E-state index in [0.29, 0.717) is 5.88 Å². The van der Waals surface area contributed by atoms with Crippen LogP contribution in [0.1, 0.15) is 52.0 Å². The number of aliphatic hydroxyl groups is 15. The van der Waals surface area contributed by atoms with Crippen molar-refractivity contribution < 1.29 is 145 Å². The van der Waals surface area contributed by atoms with Gasteiger partial charge in [0.1, 0.15) is 97.7 Å². The van der Waals surface area contributed by atoms with E-state index in [1.807, 2.05) is 54.6 Å². The molecule has 4 saturated heterocycles. The zero-order chi connectivity index (χ0) is 48.1. The minimum absolute atomic E-state index is 0. The maximum atomic E-state index is 10.2. The summed E-state index contributed by atoms with van der Waals surface area (Å²) in [5.41, 5.74) is 4.09. The Morgan fingerprint density at radius 1 is 0.437 bits per heavy atom. The van der Waals surface area contributed by atoms with Crippen LogP contribution in [-0.2, 0) is 45.6 Å². The molecule has 4 aliphatic rings. The summed E-state index contributed by atoms with van der Waals surface area (Å²) in [6, 6.07) is 15.4. The van der Waals surface area contributed by atoms with Crippen LogP contribution < -0.4 is 29.6 Å². The van der Waals surface area contributed by atoms with Crippen LogP contribution in [-0.4, -0.2) is 231 Å². The van der Waals surface area contributed by atoms with Gasteiger partial charge in [-0.15, -0.1) is 11.6 Å². The first-order valence-corrected chi connectivity index (χ1v) is 21.0. The molecular formula is C46H78ClNaO23. The van der Waals surface area contributed by atoms with Gasteiger partial charge >= 0.3 is 29.6 Å². The third-order valence-electron chi connectivity index (χ3n) is 10.9. The van der Waals surface area contributed by atoms with Crippen molar-refractivity contribution >= 4 is 23.8 Å². The number of ether oxygens (including phenoxy) is 7. The van der Waals surface area contributed by atoms with Crippen molar-refractivity contribution in [2.45, 2.75) is 165 Å². The molecule has 408 valence electrons. The molecule has 2 aromatic rings. The van der Waals surface area contributed by atoms with Crippen LogP contribution in [0.3, 0.4) is 0 Å². The summed E-state index contributed by atoms with van der Waals surface area (Å²) in [5.74, 6) is 0.581. The molecule has 0 unspecified atom stereocenters. The minimum Gasteiger partial charge on any atom is -0.870 e. The first-order chi connectivity index (χ1) is 30.9. The Morgan fingerprint density at radius 2 is 0.704 bits per heavy atom. The number of hydrogen-bond donors (Lipinski definition) is 15. The van der Waals surface area contributed by atoms with E-state index in [4.69, 9.17) is 55.0 Å². The van der Waals surface area contributed by atoms with E-state index in [0.717, 1.165) is 22.3 Å². The number of halogens is 1. The largest absolute Gasteiger partial charge is 1.00 e. The van der Waals surface area contributed by atoms with Gasteiger partial charge in [0.05, 0.1) is 33.0 Å². The van der Waals surface area contributed by atoms with E-state index < -0.39 is 143 Å². The van der Waals surface area contributed by atoms with Crippen molar-refractivity contribution in [3.8, 4) is 0 Å². The molecule has 0 saturated carbocycles. The maximum absolute atomic E-state index is 10.2. The molecule has 25 heteroatoms. The minimum atomic E-state index is -1.72. The average Bonchev–Trinajstić information content (AvgIpc) is 3.33. The van der Waals surface area contributed by atoms with E-state index in [-0.39, 0.29) is 78.0 Å². The molecule has 4 heterocycles. The van der Waals surface area contributed by atoms with Crippen LogP contribution in [0.5, 0.6) is 0 Å². The van der Waals surface area contributed by atoms with Gasteiger partial charge in [-0.05, 0) is 22.3 Å². The van der Waals surface area contributed by atoms with E-state index in [9.17, 15) is 66.4 Å². The topological polar surface area (TPSA) is 398 Å². The molecule has 2 aromatic carbocycles. The quantitative estimate of drug-likeness (QED) is 0.0620. The summed E-state index contributed by atoms with van der Waals surface area (Å²) >= 11 is 5.60. The van der Waals surface area contributed by atoms with Gasteiger partial charge in [0.2, 0.25) is 0 Å². The number of hydrogen-bond acceptors (Lipinski definition) is 23. The number of aliphatic hydroxyl groups excluding tert-OH is 15. The Labute approximate surface area is 441 Å². The van der Waals surface area contributed by atoms with Crippen molar-refractivity contribution in [1.29, 1.82) is 0 Å². The smallest absolute Gasteiger partial charge is 0.870 e. The van der Waals surface area contributed by atoms with Gasteiger partial charge in [-0.25, -0.2) is 0 Å². The molecule has 4 aliphatic heterocycles. The molecule has 16 N–H and O–H groups in total. The molecule has 0 radical (unpaired) electrons. The van der Waals surface area contributed by atoms with Gasteiger partial charge < -0.3 is 115 Å². The zero-order valence-electron chi connectivity index (χ0n) is 36.4. The Kier molecular flexibility index (Phi) is 36.8. The summed E-state index contributed by atoms with van der Waals surface area (Å²) < 4.78 is 37.0. The van der Waals surface area contributed by atoms with Crippen LogP contribution >= 0.6 is 11.6 Å². The van der Waals surface area contributed by atoms with Crippen molar-refractivity contribution in [1.82, 2.24) is 0 Å². The SMILES string of the molecule is C.C.C.C.C=Cc1ccc(CCl)cc1.C=Cc1ccc(COC[C@H]2O[C@H](O[C@H]3O[C@H](CO)[C@@H](O)[C@H](O)[C@H]3O)[C@H](O)[C@@H](O)[C@@H]2O)cc1.OC[C@H]1O[C@H](O[C@H]2O[C@H](CO)[C@@H](O)[C@H](O)[C@H]2O)[C@H](O)[C@@H](O)[C@@H]1O.[Na+].[OH-]. The van der Waals surface area contributed by atoms with E-state index in [1.165, 1.54) is 0 Å². The molecule has 0 aliphatic carbocycles. The van der Waals surface area contributed by atoms with Gasteiger partial charge in [-0.3, -0.25) is 0 Å². The standard InChI is InChI=1S/C21H30O11.C12H22O11.C9H9Cl.4CH4.Na.H2O/c1-2-10-3-5-11(6-4-10)8-29-9-13-15(24)17(26)19(28)21(31-13)32-20-18(27)16(25)14(23)12(7-22)30-20;13-1-3-5(15)7(17)9(19)11(21-3)23-12-10(20)8(18)6(16)4(2-14)22-12;1-2-8-3-5-9(7-10)6-4-8;;;;;;/h2-6,12-28H,1,7-9H2;3-20H,1-2H2;2-6H,1,7H2;4*1H4;;1H2/q;;;;;;;+1;/p-1/t12-,13-,14-,15-,16+,17+,18-,19-,20-,21-;3-,4-,5-,6-,7+,8+,9-,10-,11-,12-;;;;;;;/m11......./s1. The predicted octanol–water partition coefficient (Wildman–Crippen LogP) is -5.49. The fraction of sp³-hybridized carbons (Fsp3) is 0.652.